The van der Waals surface area contributed by atoms with Crippen molar-refractivity contribution >= 4 is 29.1 Å². The molecule has 0 fully saturated rings. The van der Waals surface area contributed by atoms with Crippen molar-refractivity contribution in [1.29, 1.82) is 0 Å². The van der Waals surface area contributed by atoms with Crippen LogP contribution < -0.4 is 10.6 Å². The van der Waals surface area contributed by atoms with Crippen LogP contribution in [-0.4, -0.2) is 29.0 Å². The number of halogens is 2. The molecule has 0 radical (unpaired) electrons. The molecule has 148 valence electrons. The van der Waals surface area contributed by atoms with E-state index in [-0.39, 0.29) is 11.4 Å². The van der Waals surface area contributed by atoms with Gasteiger partial charge in [-0.2, -0.15) is 0 Å². The molecule has 0 aliphatic rings. The van der Waals surface area contributed by atoms with Gasteiger partial charge in [0.05, 0.1) is 18.4 Å². The van der Waals surface area contributed by atoms with Crippen molar-refractivity contribution in [2.24, 2.45) is 0 Å². The number of hydrogen-bond acceptors (Lipinski definition) is 6. The van der Waals surface area contributed by atoms with Crippen LogP contribution in [0.25, 0.3) is 0 Å². The molecule has 29 heavy (non-hydrogen) atoms. The molecule has 0 bridgehead atoms. The molecule has 9 heteroatoms. The minimum Gasteiger partial charge on any atom is -0.465 e. The van der Waals surface area contributed by atoms with Gasteiger partial charge in [0.2, 0.25) is 0 Å². The smallest absolute Gasteiger partial charge is 0.337 e. The lowest BCUT2D eigenvalue weighted by molar-refractivity contribution is 0.0600. The number of rotatable bonds is 5. The van der Waals surface area contributed by atoms with Crippen LogP contribution in [0.1, 0.15) is 26.7 Å². The van der Waals surface area contributed by atoms with E-state index in [2.05, 4.69) is 25.3 Å². The van der Waals surface area contributed by atoms with E-state index >= 15 is 0 Å². The summed E-state index contributed by atoms with van der Waals surface area (Å²) in [6.45, 7) is 1.59. The van der Waals surface area contributed by atoms with E-state index in [1.165, 1.54) is 13.2 Å². The fourth-order valence-corrected chi connectivity index (χ4v) is 2.51. The first-order valence-electron chi connectivity index (χ1n) is 8.43. The zero-order chi connectivity index (χ0) is 21.0. The molecular formula is C20H16F2N4O3. The summed E-state index contributed by atoms with van der Waals surface area (Å²) in [5, 5.41) is 5.32. The molecule has 2 aromatic carbocycles. The van der Waals surface area contributed by atoms with E-state index in [9.17, 15) is 18.4 Å². The molecule has 0 saturated heterocycles. The van der Waals surface area contributed by atoms with Crippen LogP contribution >= 0.6 is 0 Å². The number of carbonyl (C=O) groups is 2. The van der Waals surface area contributed by atoms with Crippen molar-refractivity contribution in [2.45, 2.75) is 6.92 Å². The van der Waals surface area contributed by atoms with Gasteiger partial charge >= 0.3 is 5.97 Å². The molecule has 7 nitrogen and oxygen atoms in total. The van der Waals surface area contributed by atoms with Crippen molar-refractivity contribution in [2.75, 3.05) is 17.7 Å². The molecule has 2 N–H and O–H groups in total. The fourth-order valence-electron chi connectivity index (χ4n) is 2.51. The zero-order valence-electron chi connectivity index (χ0n) is 15.5. The summed E-state index contributed by atoms with van der Waals surface area (Å²) in [6.07, 6.45) is 0. The van der Waals surface area contributed by atoms with Crippen LogP contribution in [0, 0.1) is 18.6 Å². The van der Waals surface area contributed by atoms with E-state index in [0.717, 1.165) is 12.1 Å². The van der Waals surface area contributed by atoms with Gasteiger partial charge in [-0.1, -0.05) is 6.07 Å². The minimum atomic E-state index is -0.901. The number of benzene rings is 2. The number of aromatic nitrogens is 2. The Morgan fingerprint density at radius 2 is 1.83 bits per heavy atom. The molecule has 1 aromatic heterocycles. The molecule has 0 aliphatic heterocycles. The maximum absolute atomic E-state index is 13.8. The Morgan fingerprint density at radius 3 is 2.55 bits per heavy atom. The quantitative estimate of drug-likeness (QED) is 0.635. The Hall–Kier alpha value is -3.88. The number of esters is 1. The number of methoxy groups -OCH3 is 1. The van der Waals surface area contributed by atoms with Gasteiger partial charge in [-0.15, -0.1) is 0 Å². The van der Waals surface area contributed by atoms with Crippen molar-refractivity contribution in [3.8, 4) is 0 Å². The molecule has 0 atom stereocenters. The number of ether oxygens (including phenoxy) is 1. The average molecular weight is 398 g/mol. The highest BCUT2D eigenvalue weighted by molar-refractivity contribution is 6.03. The summed E-state index contributed by atoms with van der Waals surface area (Å²) in [4.78, 5) is 32.3. The Morgan fingerprint density at radius 1 is 1.03 bits per heavy atom. The average Bonchev–Trinajstić information content (AvgIpc) is 2.69. The third-order valence-corrected chi connectivity index (χ3v) is 3.81. The second-order valence-electron chi connectivity index (χ2n) is 5.96. The lowest BCUT2D eigenvalue weighted by Gasteiger charge is -2.10. The lowest BCUT2D eigenvalue weighted by Crippen LogP contribution is -2.16. The minimum absolute atomic E-state index is 0.0205. The predicted octanol–water partition coefficient (Wildman–Crippen LogP) is 3.85. The maximum Gasteiger partial charge on any atom is 0.337 e. The predicted molar refractivity (Wildman–Crippen MR) is 102 cm³/mol. The summed E-state index contributed by atoms with van der Waals surface area (Å²) in [5.41, 5.74) is 0.691. The zero-order valence-corrected chi connectivity index (χ0v) is 15.5. The first kappa shape index (κ1) is 19.9. The number of carbonyl (C=O) groups excluding carboxylic acids is 2. The van der Waals surface area contributed by atoms with Gasteiger partial charge in [-0.05, 0) is 37.3 Å². The van der Waals surface area contributed by atoms with E-state index in [0.29, 0.717) is 29.0 Å². The molecule has 3 rings (SSSR count). The van der Waals surface area contributed by atoms with Crippen LogP contribution in [0.4, 0.5) is 26.0 Å². The van der Waals surface area contributed by atoms with Crippen LogP contribution in [-0.2, 0) is 4.74 Å². The summed E-state index contributed by atoms with van der Waals surface area (Å²) in [7, 11) is 1.28. The van der Waals surface area contributed by atoms with Gasteiger partial charge in [-0.25, -0.2) is 23.5 Å². The summed E-state index contributed by atoms with van der Waals surface area (Å²) in [6, 6.07) is 10.7. The Bertz CT molecular complexity index is 1090. The van der Waals surface area contributed by atoms with E-state index in [1.807, 2.05) is 0 Å². The number of aryl methyl sites for hydroxylation is 1. The Labute approximate surface area is 164 Å². The number of nitrogens with one attached hydrogen (secondary N) is 2. The number of hydrogen-bond donors (Lipinski definition) is 2. The molecule has 0 unspecified atom stereocenters. The van der Waals surface area contributed by atoms with E-state index < -0.39 is 23.5 Å². The second-order valence-corrected chi connectivity index (χ2v) is 5.96. The number of amides is 1. The van der Waals surface area contributed by atoms with Crippen LogP contribution in [0.15, 0.2) is 48.5 Å². The summed E-state index contributed by atoms with van der Waals surface area (Å²) in [5.74, 6) is -2.24. The SMILES string of the molecule is COC(=O)c1cccc(Nc2cc(C(=O)Nc3ccc(F)cc3F)nc(C)n2)c1. The number of anilines is 3. The van der Waals surface area contributed by atoms with E-state index in [4.69, 9.17) is 0 Å². The molecular weight excluding hydrogens is 382 g/mol. The van der Waals surface area contributed by atoms with Gasteiger partial charge in [0.15, 0.2) is 0 Å². The summed E-state index contributed by atoms with van der Waals surface area (Å²) < 4.78 is 31.5. The molecule has 0 aliphatic carbocycles. The van der Waals surface area contributed by atoms with Crippen molar-refractivity contribution < 1.29 is 23.1 Å². The molecule has 3 aromatic rings. The second kappa shape index (κ2) is 8.42. The van der Waals surface area contributed by atoms with Crippen LogP contribution in [0.2, 0.25) is 0 Å². The molecule has 1 amide bonds. The normalized spacial score (nSPS) is 10.3. The molecule has 1 heterocycles. The largest absolute Gasteiger partial charge is 0.465 e. The van der Waals surface area contributed by atoms with Gasteiger partial charge in [0.25, 0.3) is 5.91 Å². The first-order valence-corrected chi connectivity index (χ1v) is 8.43. The van der Waals surface area contributed by atoms with Gasteiger partial charge in [0.1, 0.15) is 29.0 Å². The lowest BCUT2D eigenvalue weighted by atomic mass is 10.2. The van der Waals surface area contributed by atoms with Crippen molar-refractivity contribution in [3.05, 3.63) is 77.2 Å². The third-order valence-electron chi connectivity index (χ3n) is 3.81. The fraction of sp³-hybridized carbons (Fsp3) is 0.100. The van der Waals surface area contributed by atoms with E-state index in [1.54, 1.807) is 31.2 Å². The van der Waals surface area contributed by atoms with Crippen LogP contribution in [0.5, 0.6) is 0 Å². The maximum atomic E-state index is 13.8. The first-order chi connectivity index (χ1) is 13.9. The third kappa shape index (κ3) is 4.89. The highest BCUT2D eigenvalue weighted by Gasteiger charge is 2.14. The van der Waals surface area contributed by atoms with Crippen molar-refractivity contribution in [1.82, 2.24) is 9.97 Å². The van der Waals surface area contributed by atoms with Gasteiger partial charge in [-0.3, -0.25) is 4.79 Å². The standard InChI is InChI=1S/C20H16F2N4O3/c1-11-23-17(19(27)26-16-7-6-13(21)9-15(16)22)10-18(24-11)25-14-5-3-4-12(8-14)20(28)29-2/h3-10H,1-2H3,(H,26,27)(H,23,24,25). The highest BCUT2D eigenvalue weighted by atomic mass is 19.1. The monoisotopic (exact) mass is 398 g/mol. The van der Waals surface area contributed by atoms with Gasteiger partial charge in [0, 0.05) is 17.8 Å². The van der Waals surface area contributed by atoms with Crippen LogP contribution in [0.3, 0.4) is 0 Å². The molecule has 0 spiro atoms. The molecule has 0 saturated carbocycles. The van der Waals surface area contributed by atoms with Gasteiger partial charge < -0.3 is 15.4 Å². The Balaban J connectivity index is 1.82. The summed E-state index contributed by atoms with van der Waals surface area (Å²) >= 11 is 0. The highest BCUT2D eigenvalue weighted by Crippen LogP contribution is 2.19. The Kier molecular flexibility index (Phi) is 5.77. The number of nitrogens with zero attached hydrogens (tertiary/aromatic N) is 2. The topological polar surface area (TPSA) is 93.2 Å². The van der Waals surface area contributed by atoms with Crippen molar-refractivity contribution in [3.63, 3.8) is 0 Å².